The molecule has 1 aromatic carbocycles. The summed E-state index contributed by atoms with van der Waals surface area (Å²) in [6.45, 7) is 5.29. The fourth-order valence-corrected chi connectivity index (χ4v) is 3.00. The molecule has 25 heavy (non-hydrogen) atoms. The van der Waals surface area contributed by atoms with Crippen LogP contribution in [0.15, 0.2) is 46.1 Å². The summed E-state index contributed by atoms with van der Waals surface area (Å²) in [7, 11) is 1.74. The zero-order valence-corrected chi connectivity index (χ0v) is 15.4. The molecule has 3 aromatic rings. The van der Waals surface area contributed by atoms with E-state index in [0.717, 1.165) is 16.3 Å². The predicted molar refractivity (Wildman–Crippen MR) is 101 cm³/mol. The lowest BCUT2D eigenvalue weighted by Crippen LogP contribution is -2.36. The predicted octanol–water partition coefficient (Wildman–Crippen LogP) is 3.28. The van der Waals surface area contributed by atoms with Gasteiger partial charge in [0.1, 0.15) is 6.26 Å². The molecule has 0 spiro atoms. The zero-order valence-electron chi connectivity index (χ0n) is 14.5. The summed E-state index contributed by atoms with van der Waals surface area (Å²) in [5.74, 6) is 1.34. The maximum atomic E-state index is 5.57. The summed E-state index contributed by atoms with van der Waals surface area (Å²) in [4.78, 5) is 14.2. The van der Waals surface area contributed by atoms with Gasteiger partial charge in [-0.2, -0.15) is 0 Å². The van der Waals surface area contributed by atoms with E-state index >= 15 is 0 Å². The number of aryl methyl sites for hydroxylation is 2. The highest BCUT2D eigenvalue weighted by atomic mass is 32.1. The van der Waals surface area contributed by atoms with Crippen molar-refractivity contribution in [3.63, 3.8) is 0 Å². The minimum Gasteiger partial charge on any atom is -0.444 e. The first-order chi connectivity index (χ1) is 12.1. The van der Waals surface area contributed by atoms with Gasteiger partial charge in [0.05, 0.1) is 23.8 Å². The molecule has 130 valence electrons. The van der Waals surface area contributed by atoms with E-state index in [0.29, 0.717) is 24.9 Å². The fourth-order valence-electron chi connectivity index (χ4n) is 2.27. The van der Waals surface area contributed by atoms with Gasteiger partial charge in [-0.25, -0.2) is 9.97 Å². The molecule has 0 fully saturated rings. The van der Waals surface area contributed by atoms with Crippen molar-refractivity contribution in [2.75, 3.05) is 7.05 Å². The van der Waals surface area contributed by atoms with E-state index in [4.69, 9.17) is 4.42 Å². The van der Waals surface area contributed by atoms with Gasteiger partial charge in [0.2, 0.25) is 5.89 Å². The van der Waals surface area contributed by atoms with Gasteiger partial charge in [0.25, 0.3) is 0 Å². The number of rotatable bonds is 5. The van der Waals surface area contributed by atoms with Crippen LogP contribution in [0, 0.1) is 13.8 Å². The fraction of sp³-hybridized carbons (Fsp3) is 0.278. The highest BCUT2D eigenvalue weighted by Crippen LogP contribution is 2.19. The molecular weight excluding hydrogens is 334 g/mol. The van der Waals surface area contributed by atoms with E-state index in [-0.39, 0.29) is 0 Å². The van der Waals surface area contributed by atoms with Gasteiger partial charge < -0.3 is 15.1 Å². The van der Waals surface area contributed by atoms with Crippen LogP contribution in [-0.4, -0.2) is 23.0 Å². The Hall–Kier alpha value is -2.67. The molecule has 0 bridgehead atoms. The summed E-state index contributed by atoms with van der Waals surface area (Å²) in [6.07, 6.45) is 3.55. The summed E-state index contributed by atoms with van der Waals surface area (Å²) in [5.41, 5.74) is 3.01. The van der Waals surface area contributed by atoms with Gasteiger partial charge in [-0.05, 0) is 26.0 Å². The number of hydrogen-bond donors (Lipinski definition) is 2. The Kier molecular flexibility index (Phi) is 5.45. The summed E-state index contributed by atoms with van der Waals surface area (Å²) in [5, 5.41) is 7.56. The summed E-state index contributed by atoms with van der Waals surface area (Å²) < 4.78 is 5.57. The molecule has 0 saturated carbocycles. The van der Waals surface area contributed by atoms with Crippen molar-refractivity contribution in [3.8, 4) is 11.5 Å². The quantitative estimate of drug-likeness (QED) is 0.543. The first kappa shape index (κ1) is 17.2. The van der Waals surface area contributed by atoms with Crippen molar-refractivity contribution in [3.05, 3.63) is 57.9 Å². The Morgan fingerprint density at radius 1 is 1.16 bits per heavy atom. The SMILES string of the molecule is CN=C(NCc1coc(-c2ccc(C)cc2)n1)NCc1cnc(C)s1. The molecule has 0 saturated heterocycles. The smallest absolute Gasteiger partial charge is 0.226 e. The average Bonchev–Trinajstić information content (AvgIpc) is 3.25. The van der Waals surface area contributed by atoms with Gasteiger partial charge in [0.15, 0.2) is 5.96 Å². The van der Waals surface area contributed by atoms with Crippen LogP contribution in [0.2, 0.25) is 0 Å². The topological polar surface area (TPSA) is 75.3 Å². The van der Waals surface area contributed by atoms with Crippen molar-refractivity contribution in [1.29, 1.82) is 0 Å². The third-order valence-electron chi connectivity index (χ3n) is 3.61. The number of thiazole rings is 1. The molecule has 0 unspecified atom stereocenters. The lowest BCUT2D eigenvalue weighted by Gasteiger charge is -2.09. The first-order valence-corrected chi connectivity index (χ1v) is 8.83. The van der Waals surface area contributed by atoms with Crippen molar-refractivity contribution in [1.82, 2.24) is 20.6 Å². The molecular formula is C18H21N5OS. The van der Waals surface area contributed by atoms with Crippen molar-refractivity contribution >= 4 is 17.3 Å². The number of guanidine groups is 1. The summed E-state index contributed by atoms with van der Waals surface area (Å²) in [6, 6.07) is 8.11. The Labute approximate surface area is 151 Å². The van der Waals surface area contributed by atoms with Crippen molar-refractivity contribution in [2.45, 2.75) is 26.9 Å². The number of nitrogens with zero attached hydrogens (tertiary/aromatic N) is 3. The van der Waals surface area contributed by atoms with Gasteiger partial charge >= 0.3 is 0 Å². The second kappa shape index (κ2) is 7.94. The lowest BCUT2D eigenvalue weighted by molar-refractivity contribution is 0.572. The molecule has 0 amide bonds. The number of oxazole rings is 1. The Morgan fingerprint density at radius 2 is 1.92 bits per heavy atom. The van der Waals surface area contributed by atoms with Crippen LogP contribution in [-0.2, 0) is 13.1 Å². The van der Waals surface area contributed by atoms with Crippen LogP contribution in [0.1, 0.15) is 21.1 Å². The van der Waals surface area contributed by atoms with Crippen LogP contribution in [0.25, 0.3) is 11.5 Å². The third kappa shape index (κ3) is 4.67. The number of hydrogen-bond acceptors (Lipinski definition) is 5. The number of aliphatic imine (C=N–C) groups is 1. The minimum atomic E-state index is 0.538. The van der Waals surface area contributed by atoms with E-state index in [1.165, 1.54) is 10.4 Å². The molecule has 0 aliphatic heterocycles. The third-order valence-corrected chi connectivity index (χ3v) is 4.52. The van der Waals surface area contributed by atoms with Crippen LogP contribution >= 0.6 is 11.3 Å². The van der Waals surface area contributed by atoms with Gasteiger partial charge in [-0.1, -0.05) is 17.7 Å². The van der Waals surface area contributed by atoms with Crippen LogP contribution in [0.5, 0.6) is 0 Å². The average molecular weight is 355 g/mol. The molecule has 2 N–H and O–H groups in total. The van der Waals surface area contributed by atoms with E-state index < -0.39 is 0 Å². The van der Waals surface area contributed by atoms with Crippen LogP contribution < -0.4 is 10.6 Å². The molecule has 2 aromatic heterocycles. The summed E-state index contributed by atoms with van der Waals surface area (Å²) >= 11 is 1.67. The van der Waals surface area contributed by atoms with Crippen LogP contribution in [0.3, 0.4) is 0 Å². The standard InChI is InChI=1S/C18H21N5OS/c1-12-4-6-14(7-5-12)17-23-15(11-24-17)8-21-18(19-3)22-10-16-9-20-13(2)25-16/h4-7,9,11H,8,10H2,1-3H3,(H2,19,21,22). The molecule has 0 radical (unpaired) electrons. The van der Waals surface area contributed by atoms with Crippen molar-refractivity contribution in [2.24, 2.45) is 4.99 Å². The second-order valence-corrected chi connectivity index (χ2v) is 6.95. The Morgan fingerprint density at radius 3 is 2.60 bits per heavy atom. The highest BCUT2D eigenvalue weighted by molar-refractivity contribution is 7.11. The van der Waals surface area contributed by atoms with E-state index in [9.17, 15) is 0 Å². The van der Waals surface area contributed by atoms with Gasteiger partial charge in [0, 0.05) is 23.7 Å². The van der Waals surface area contributed by atoms with Crippen molar-refractivity contribution < 1.29 is 4.42 Å². The normalized spacial score (nSPS) is 11.6. The Bertz CT molecular complexity index is 850. The molecule has 0 aliphatic rings. The monoisotopic (exact) mass is 355 g/mol. The molecule has 3 rings (SSSR count). The minimum absolute atomic E-state index is 0.538. The van der Waals surface area contributed by atoms with E-state index in [1.54, 1.807) is 24.6 Å². The molecule has 0 aliphatic carbocycles. The maximum absolute atomic E-state index is 5.57. The first-order valence-electron chi connectivity index (χ1n) is 8.01. The molecule has 0 atom stereocenters. The molecule has 7 heteroatoms. The van der Waals surface area contributed by atoms with Gasteiger partial charge in [-0.15, -0.1) is 11.3 Å². The maximum Gasteiger partial charge on any atom is 0.226 e. The van der Waals surface area contributed by atoms with E-state index in [2.05, 4.69) is 32.5 Å². The molecule has 6 nitrogen and oxygen atoms in total. The Balaban J connectivity index is 1.54. The second-order valence-electron chi connectivity index (χ2n) is 5.63. The zero-order chi connectivity index (χ0) is 17.6. The number of benzene rings is 1. The highest BCUT2D eigenvalue weighted by Gasteiger charge is 2.07. The van der Waals surface area contributed by atoms with Crippen LogP contribution in [0.4, 0.5) is 0 Å². The molecule has 2 heterocycles. The lowest BCUT2D eigenvalue weighted by atomic mass is 10.1. The number of aromatic nitrogens is 2. The number of nitrogens with one attached hydrogen (secondary N) is 2. The van der Waals surface area contributed by atoms with Gasteiger partial charge in [-0.3, -0.25) is 4.99 Å². The largest absolute Gasteiger partial charge is 0.444 e. The van der Waals surface area contributed by atoms with E-state index in [1.807, 2.05) is 37.4 Å².